The van der Waals surface area contributed by atoms with Crippen molar-refractivity contribution in [3.63, 3.8) is 0 Å². The molecule has 0 N–H and O–H groups in total. The smallest absolute Gasteiger partial charge is 0.264 e. The number of carbonyl (C=O) groups excluding carboxylic acids is 1. The molecule has 1 fully saturated rings. The van der Waals surface area contributed by atoms with E-state index in [1.165, 1.54) is 11.3 Å². The first kappa shape index (κ1) is 21.4. The number of hydrogen-bond donors (Lipinski definition) is 0. The number of sulfone groups is 1. The Hall–Kier alpha value is -3.43. The summed E-state index contributed by atoms with van der Waals surface area (Å²) in [4.78, 5) is 21.6. The van der Waals surface area contributed by atoms with Crippen molar-refractivity contribution in [1.82, 2.24) is 9.88 Å². The minimum Gasteiger partial charge on any atom is -0.419 e. The lowest BCUT2D eigenvalue weighted by molar-refractivity contribution is 0.0750. The molecule has 0 saturated carbocycles. The Kier molecular flexibility index (Phi) is 5.74. The summed E-state index contributed by atoms with van der Waals surface area (Å²) in [6.07, 6.45) is 0. The van der Waals surface area contributed by atoms with Gasteiger partial charge >= 0.3 is 0 Å². The van der Waals surface area contributed by atoms with Gasteiger partial charge in [0.15, 0.2) is 0 Å². The molecule has 7 nitrogen and oxygen atoms in total. The van der Waals surface area contributed by atoms with E-state index in [-0.39, 0.29) is 27.6 Å². The predicted molar refractivity (Wildman–Crippen MR) is 126 cm³/mol. The average Bonchev–Trinajstić information content (AvgIpc) is 3.56. The molecule has 1 amide bonds. The number of piperazine rings is 1. The summed E-state index contributed by atoms with van der Waals surface area (Å²) in [6, 6.07) is 21.1. The molecule has 0 bridgehead atoms. The number of benzene rings is 2. The zero-order valence-electron chi connectivity index (χ0n) is 17.6. The van der Waals surface area contributed by atoms with Crippen LogP contribution in [0.25, 0.3) is 11.5 Å². The lowest BCUT2D eigenvalue weighted by Crippen LogP contribution is -2.48. The minimum atomic E-state index is -3.90. The normalized spacial score (nSPS) is 14.4. The van der Waals surface area contributed by atoms with Gasteiger partial charge in [0.2, 0.25) is 26.6 Å². The van der Waals surface area contributed by atoms with Gasteiger partial charge in [-0.25, -0.2) is 8.42 Å². The van der Waals surface area contributed by atoms with Gasteiger partial charge in [-0.05, 0) is 35.7 Å². The molecule has 0 unspecified atom stereocenters. The third kappa shape index (κ3) is 4.17. The Morgan fingerprint density at radius 2 is 1.55 bits per heavy atom. The highest BCUT2D eigenvalue weighted by Gasteiger charge is 2.33. The van der Waals surface area contributed by atoms with Gasteiger partial charge in [-0.2, -0.15) is 4.98 Å². The summed E-state index contributed by atoms with van der Waals surface area (Å²) < 4.78 is 33.0. The first-order valence-electron chi connectivity index (χ1n) is 10.5. The Bertz CT molecular complexity index is 1340. The topological polar surface area (TPSA) is 83.7 Å². The highest BCUT2D eigenvalue weighted by molar-refractivity contribution is 7.91. The summed E-state index contributed by atoms with van der Waals surface area (Å²) in [6.45, 7) is 1.81. The fraction of sp³-hybridized carbons (Fsp3) is 0.167. The number of anilines is 1. The van der Waals surface area contributed by atoms with E-state index in [2.05, 4.69) is 4.98 Å². The van der Waals surface area contributed by atoms with Crippen molar-refractivity contribution >= 4 is 33.0 Å². The number of nitrogens with zero attached hydrogens (tertiary/aromatic N) is 3. The molecule has 1 saturated heterocycles. The van der Waals surface area contributed by atoms with E-state index in [0.29, 0.717) is 36.6 Å². The molecule has 0 atom stereocenters. The highest BCUT2D eigenvalue weighted by atomic mass is 32.2. The van der Waals surface area contributed by atoms with Crippen molar-refractivity contribution in [2.45, 2.75) is 9.92 Å². The molecule has 1 aliphatic rings. The van der Waals surface area contributed by atoms with Gasteiger partial charge in [0.25, 0.3) is 5.91 Å². The maximum absolute atomic E-state index is 13.5. The van der Waals surface area contributed by atoms with Crippen molar-refractivity contribution < 1.29 is 17.6 Å². The second kappa shape index (κ2) is 8.84. The van der Waals surface area contributed by atoms with Crippen LogP contribution in [0.15, 0.2) is 92.5 Å². The molecular weight excluding hydrogens is 458 g/mol. The fourth-order valence-electron chi connectivity index (χ4n) is 3.76. The summed E-state index contributed by atoms with van der Waals surface area (Å²) in [5, 5.41) is 1.77. The van der Waals surface area contributed by atoms with E-state index in [1.807, 2.05) is 52.7 Å². The van der Waals surface area contributed by atoms with Gasteiger partial charge in [0.05, 0.1) is 9.77 Å². The van der Waals surface area contributed by atoms with Crippen LogP contribution in [0.2, 0.25) is 0 Å². The van der Waals surface area contributed by atoms with Gasteiger partial charge < -0.3 is 14.2 Å². The quantitative estimate of drug-likeness (QED) is 0.427. The van der Waals surface area contributed by atoms with Crippen molar-refractivity contribution in [2.24, 2.45) is 0 Å². The molecule has 0 aliphatic carbocycles. The number of aromatic nitrogens is 1. The van der Waals surface area contributed by atoms with Crippen molar-refractivity contribution in [2.75, 3.05) is 31.1 Å². The van der Waals surface area contributed by atoms with Gasteiger partial charge in [-0.15, -0.1) is 11.3 Å². The van der Waals surface area contributed by atoms with Gasteiger partial charge in [-0.1, -0.05) is 42.5 Å². The maximum atomic E-state index is 13.5. The predicted octanol–water partition coefficient (Wildman–Crippen LogP) is 4.20. The zero-order valence-corrected chi connectivity index (χ0v) is 19.3. The summed E-state index contributed by atoms with van der Waals surface area (Å²) >= 11 is 1.41. The molecule has 2 aromatic heterocycles. The fourth-order valence-corrected chi connectivity index (χ4v) is 5.79. The molecule has 0 radical (unpaired) electrons. The zero-order chi connectivity index (χ0) is 22.8. The Labute approximate surface area is 195 Å². The van der Waals surface area contributed by atoms with E-state index >= 15 is 0 Å². The van der Waals surface area contributed by atoms with Gasteiger partial charge in [-0.3, -0.25) is 4.79 Å². The summed E-state index contributed by atoms with van der Waals surface area (Å²) in [5.41, 5.74) is 0.694. The molecule has 2 aromatic carbocycles. The SMILES string of the molecule is O=C(c1cccs1)N1CCN(c2oc(-c3ccccc3)nc2S(=O)(=O)c2ccccc2)CC1. The van der Waals surface area contributed by atoms with Gasteiger partial charge in [0, 0.05) is 31.7 Å². The molecule has 0 spiro atoms. The second-order valence-corrected chi connectivity index (χ2v) is 10.4. The van der Waals surface area contributed by atoms with Crippen LogP contribution in [-0.2, 0) is 9.84 Å². The summed E-state index contributed by atoms with van der Waals surface area (Å²) in [5.74, 6) is 0.447. The number of amides is 1. The molecule has 1 aliphatic heterocycles. The van der Waals surface area contributed by atoms with Crippen LogP contribution in [0.3, 0.4) is 0 Å². The number of oxazole rings is 1. The van der Waals surface area contributed by atoms with Crippen LogP contribution in [0.5, 0.6) is 0 Å². The average molecular weight is 480 g/mol. The molecule has 5 rings (SSSR count). The minimum absolute atomic E-state index is 0.00988. The third-order valence-corrected chi connectivity index (χ3v) is 8.02. The third-order valence-electron chi connectivity index (χ3n) is 5.49. The molecular formula is C24H21N3O4S2. The van der Waals surface area contributed by atoms with Crippen LogP contribution >= 0.6 is 11.3 Å². The van der Waals surface area contributed by atoms with Crippen molar-refractivity contribution in [3.8, 4) is 11.5 Å². The standard InChI is InChI=1S/C24H21N3O4S2/c28-23(20-12-7-17-32-20)26-13-15-27(16-14-26)24-22(33(29,30)19-10-5-2-6-11-19)25-21(31-24)18-8-3-1-4-9-18/h1-12,17H,13-16H2. The van der Waals surface area contributed by atoms with Crippen LogP contribution in [0.1, 0.15) is 9.67 Å². The molecule has 4 aromatic rings. The van der Waals surface area contributed by atoms with Crippen molar-refractivity contribution in [1.29, 1.82) is 0 Å². The first-order valence-corrected chi connectivity index (χ1v) is 12.8. The van der Waals surface area contributed by atoms with Crippen molar-refractivity contribution in [3.05, 3.63) is 83.1 Å². The van der Waals surface area contributed by atoms with E-state index in [0.717, 1.165) is 0 Å². The van der Waals surface area contributed by atoms with Crippen LogP contribution in [0, 0.1) is 0 Å². The molecule has 3 heterocycles. The van der Waals surface area contributed by atoms with E-state index in [4.69, 9.17) is 4.42 Å². The number of hydrogen-bond acceptors (Lipinski definition) is 7. The maximum Gasteiger partial charge on any atom is 0.264 e. The Balaban J connectivity index is 1.48. The second-order valence-electron chi connectivity index (χ2n) is 7.57. The lowest BCUT2D eigenvalue weighted by atomic mass is 10.2. The number of carbonyl (C=O) groups is 1. The van der Waals surface area contributed by atoms with E-state index < -0.39 is 9.84 Å². The highest BCUT2D eigenvalue weighted by Crippen LogP contribution is 2.35. The van der Waals surface area contributed by atoms with Crippen LogP contribution < -0.4 is 4.90 Å². The van der Waals surface area contributed by atoms with Crippen LogP contribution in [-0.4, -0.2) is 50.4 Å². The molecule has 168 valence electrons. The summed E-state index contributed by atoms with van der Waals surface area (Å²) in [7, 11) is -3.90. The largest absolute Gasteiger partial charge is 0.419 e. The van der Waals surface area contributed by atoms with E-state index in [1.54, 1.807) is 35.2 Å². The van der Waals surface area contributed by atoms with E-state index in [9.17, 15) is 13.2 Å². The molecule has 9 heteroatoms. The number of thiophene rings is 1. The monoisotopic (exact) mass is 479 g/mol. The Morgan fingerprint density at radius 1 is 0.879 bits per heavy atom. The van der Waals surface area contributed by atoms with Gasteiger partial charge in [0.1, 0.15) is 0 Å². The molecule has 33 heavy (non-hydrogen) atoms. The lowest BCUT2D eigenvalue weighted by Gasteiger charge is -2.34. The number of rotatable bonds is 5. The Morgan fingerprint density at radius 3 is 2.18 bits per heavy atom. The first-order chi connectivity index (χ1) is 16.0. The van der Waals surface area contributed by atoms with Crippen LogP contribution in [0.4, 0.5) is 5.88 Å².